The summed E-state index contributed by atoms with van der Waals surface area (Å²) in [7, 11) is 0. The first-order valence-corrected chi connectivity index (χ1v) is 16.9. The zero-order valence-corrected chi connectivity index (χ0v) is 29.5. The Kier molecular flexibility index (Phi) is 12.5. The van der Waals surface area contributed by atoms with Gasteiger partial charge in [0.05, 0.1) is 12.7 Å². The second-order valence-corrected chi connectivity index (χ2v) is 12.6. The monoisotopic (exact) mass is 754 g/mol. The van der Waals surface area contributed by atoms with Gasteiger partial charge in [0.2, 0.25) is 11.2 Å². The van der Waals surface area contributed by atoms with Crippen LogP contribution in [0.25, 0.3) is 34.4 Å². The molecule has 0 aliphatic carbocycles. The van der Waals surface area contributed by atoms with Crippen LogP contribution in [-0.2, 0) is 19.1 Å². The van der Waals surface area contributed by atoms with Gasteiger partial charge in [0.1, 0.15) is 51.9 Å². The van der Waals surface area contributed by atoms with Gasteiger partial charge in [-0.25, -0.2) is 9.59 Å². The Balaban J connectivity index is 1.43. The fourth-order valence-corrected chi connectivity index (χ4v) is 5.44. The Morgan fingerprint density at radius 2 is 1.24 bits per heavy atom. The SMILES string of the molecule is C[C@H](COC(=O)/C=C/c1ccc(O)cc1)[C@@H](O)C(O)C(OC(=O)/C=C/c1ccc(O)cc1)[C@@H](C)Oc1c(-c2ccc(O)cc2)oc2cc(O)cc(O)c2c1=O. The summed E-state index contributed by atoms with van der Waals surface area (Å²) in [6.07, 6.45) is -1.72. The van der Waals surface area contributed by atoms with E-state index in [2.05, 4.69) is 0 Å². The molecular formula is C41H38O14. The first kappa shape index (κ1) is 39.4. The van der Waals surface area contributed by atoms with Crippen LogP contribution < -0.4 is 10.2 Å². The lowest BCUT2D eigenvalue weighted by atomic mass is 9.94. The molecule has 0 aliphatic heterocycles. The molecule has 5 rings (SSSR count). The highest BCUT2D eigenvalue weighted by Gasteiger charge is 2.38. The molecule has 7 N–H and O–H groups in total. The van der Waals surface area contributed by atoms with E-state index >= 15 is 0 Å². The molecule has 5 atom stereocenters. The minimum atomic E-state index is -1.91. The van der Waals surface area contributed by atoms with E-state index in [0.717, 1.165) is 24.3 Å². The number of hydrogen-bond acceptors (Lipinski definition) is 14. The number of carbonyl (C=O) groups excluding carboxylic acids is 2. The lowest BCUT2D eigenvalue weighted by Gasteiger charge is -2.33. The van der Waals surface area contributed by atoms with E-state index in [4.69, 9.17) is 18.6 Å². The number of phenols is 5. The maximum absolute atomic E-state index is 13.9. The molecule has 0 spiro atoms. The molecule has 0 fully saturated rings. The molecule has 4 aromatic carbocycles. The standard InChI is InChI=1S/C41H38O14/c1-22(21-52-33(47)17-7-24-3-11-27(42)12-4-24)36(49)38(51)39(55-34(48)18-8-25-5-13-28(43)14-6-25)23(2)53-41-37(50)35-31(46)19-30(45)20-32(35)54-40(41)26-9-15-29(44)16-10-26/h3-20,22-23,36,38-39,42-46,49,51H,21H2,1-2H3/b17-7+,18-8+/t22-,23-,36-,38?,39?/m1/s1. The third-order valence-electron chi connectivity index (χ3n) is 8.43. The Bertz CT molecular complexity index is 2240. The third-order valence-corrected chi connectivity index (χ3v) is 8.43. The van der Waals surface area contributed by atoms with E-state index in [1.54, 1.807) is 12.1 Å². The highest BCUT2D eigenvalue weighted by molar-refractivity contribution is 5.89. The minimum Gasteiger partial charge on any atom is -0.508 e. The molecule has 14 nitrogen and oxygen atoms in total. The number of aliphatic hydroxyl groups is 2. The van der Waals surface area contributed by atoms with E-state index < -0.39 is 64.9 Å². The van der Waals surface area contributed by atoms with Crippen molar-refractivity contribution >= 4 is 35.1 Å². The molecule has 0 radical (unpaired) electrons. The Hall–Kier alpha value is -6.77. The number of esters is 2. The van der Waals surface area contributed by atoms with Crippen LogP contribution >= 0.6 is 0 Å². The molecule has 286 valence electrons. The highest BCUT2D eigenvalue weighted by Crippen LogP contribution is 2.37. The highest BCUT2D eigenvalue weighted by atomic mass is 16.6. The van der Waals surface area contributed by atoms with Gasteiger partial charge in [-0.05, 0) is 78.7 Å². The molecule has 0 saturated carbocycles. The first-order valence-electron chi connectivity index (χ1n) is 16.9. The second-order valence-electron chi connectivity index (χ2n) is 12.6. The van der Waals surface area contributed by atoms with Crippen molar-refractivity contribution in [2.75, 3.05) is 6.61 Å². The third kappa shape index (κ3) is 10.0. The summed E-state index contributed by atoms with van der Waals surface area (Å²) in [5.41, 5.74) is 0.247. The molecule has 0 saturated heterocycles. The van der Waals surface area contributed by atoms with Crippen LogP contribution in [0.3, 0.4) is 0 Å². The molecule has 0 aliphatic rings. The van der Waals surface area contributed by atoms with Gasteiger partial charge < -0.3 is 54.4 Å². The molecular weight excluding hydrogens is 716 g/mol. The van der Waals surface area contributed by atoms with E-state index in [9.17, 15) is 50.1 Å². The van der Waals surface area contributed by atoms with Crippen molar-refractivity contribution < 1.29 is 64.0 Å². The van der Waals surface area contributed by atoms with Gasteiger partial charge in [-0.1, -0.05) is 31.2 Å². The average Bonchev–Trinajstić information content (AvgIpc) is 3.15. The lowest BCUT2D eigenvalue weighted by molar-refractivity contribution is -0.168. The van der Waals surface area contributed by atoms with Gasteiger partial charge in [-0.15, -0.1) is 0 Å². The summed E-state index contributed by atoms with van der Waals surface area (Å²) in [5, 5.41) is 71.9. The Morgan fingerprint density at radius 3 is 1.80 bits per heavy atom. The van der Waals surface area contributed by atoms with Crippen molar-refractivity contribution in [2.24, 2.45) is 5.92 Å². The molecule has 0 amide bonds. The lowest BCUT2D eigenvalue weighted by Crippen LogP contribution is -2.50. The molecule has 14 heteroatoms. The summed E-state index contributed by atoms with van der Waals surface area (Å²) in [6.45, 7) is 2.44. The van der Waals surface area contributed by atoms with Gasteiger partial charge in [0.15, 0.2) is 11.9 Å². The minimum absolute atomic E-state index is 0.00555. The van der Waals surface area contributed by atoms with Crippen molar-refractivity contribution in [1.82, 2.24) is 0 Å². The van der Waals surface area contributed by atoms with Crippen molar-refractivity contribution in [3.05, 3.63) is 118 Å². The van der Waals surface area contributed by atoms with Crippen LogP contribution in [0.2, 0.25) is 0 Å². The van der Waals surface area contributed by atoms with Crippen molar-refractivity contribution in [1.29, 1.82) is 0 Å². The van der Waals surface area contributed by atoms with Crippen LogP contribution in [0.15, 0.2) is 106 Å². The summed E-state index contributed by atoms with van der Waals surface area (Å²) in [5.74, 6) is -4.47. The van der Waals surface area contributed by atoms with Gasteiger partial charge in [0.25, 0.3) is 0 Å². The smallest absolute Gasteiger partial charge is 0.331 e. The predicted octanol–water partition coefficient (Wildman–Crippen LogP) is 5.00. The van der Waals surface area contributed by atoms with Gasteiger partial charge in [-0.3, -0.25) is 4.79 Å². The summed E-state index contributed by atoms with van der Waals surface area (Å²) in [6, 6.07) is 19.4. The Labute approximate surface area is 313 Å². The van der Waals surface area contributed by atoms with E-state index in [0.29, 0.717) is 11.1 Å². The number of rotatable bonds is 14. The zero-order valence-electron chi connectivity index (χ0n) is 29.5. The zero-order chi connectivity index (χ0) is 39.8. The molecule has 1 heterocycles. The molecule has 5 aromatic rings. The Morgan fingerprint density at radius 1 is 0.709 bits per heavy atom. The number of benzene rings is 4. The largest absolute Gasteiger partial charge is 0.508 e. The van der Waals surface area contributed by atoms with E-state index in [1.807, 2.05) is 0 Å². The molecule has 55 heavy (non-hydrogen) atoms. The van der Waals surface area contributed by atoms with Gasteiger partial charge in [0, 0.05) is 35.8 Å². The van der Waals surface area contributed by atoms with Crippen molar-refractivity contribution in [2.45, 2.75) is 38.3 Å². The van der Waals surface area contributed by atoms with Crippen LogP contribution in [-0.4, -0.2) is 78.7 Å². The van der Waals surface area contributed by atoms with E-state index in [1.165, 1.54) is 86.7 Å². The molecule has 0 bridgehead atoms. The van der Waals surface area contributed by atoms with Crippen molar-refractivity contribution in [3.8, 4) is 45.8 Å². The second kappa shape index (κ2) is 17.4. The average molecular weight is 755 g/mol. The van der Waals surface area contributed by atoms with Crippen LogP contribution in [0.1, 0.15) is 25.0 Å². The maximum atomic E-state index is 13.9. The number of fused-ring (bicyclic) bond motifs is 1. The summed E-state index contributed by atoms with van der Waals surface area (Å²) in [4.78, 5) is 39.5. The van der Waals surface area contributed by atoms with Crippen LogP contribution in [0.4, 0.5) is 0 Å². The number of hydrogen-bond donors (Lipinski definition) is 7. The fraction of sp³-hybridized carbons (Fsp3) is 0.195. The topological polar surface area (TPSA) is 234 Å². The number of carbonyl (C=O) groups is 2. The fourth-order valence-electron chi connectivity index (χ4n) is 5.44. The molecule has 1 aromatic heterocycles. The van der Waals surface area contributed by atoms with Crippen LogP contribution in [0, 0.1) is 5.92 Å². The van der Waals surface area contributed by atoms with E-state index in [-0.39, 0.29) is 46.1 Å². The number of aromatic hydroxyl groups is 5. The normalized spacial score (nSPS) is 14.3. The summed E-state index contributed by atoms with van der Waals surface area (Å²) >= 11 is 0. The first-order chi connectivity index (χ1) is 26.2. The number of ether oxygens (including phenoxy) is 3. The maximum Gasteiger partial charge on any atom is 0.331 e. The number of phenolic OH excluding ortho intramolecular Hbond substituents is 5. The van der Waals surface area contributed by atoms with Gasteiger partial charge >= 0.3 is 11.9 Å². The quantitative estimate of drug-likeness (QED) is 0.0585. The van der Waals surface area contributed by atoms with Crippen molar-refractivity contribution in [3.63, 3.8) is 0 Å². The summed E-state index contributed by atoms with van der Waals surface area (Å²) < 4.78 is 22.9. The molecule has 2 unspecified atom stereocenters. The van der Waals surface area contributed by atoms with Gasteiger partial charge in [-0.2, -0.15) is 0 Å². The van der Waals surface area contributed by atoms with Crippen LogP contribution in [0.5, 0.6) is 34.5 Å². The predicted molar refractivity (Wildman–Crippen MR) is 199 cm³/mol. The number of aliphatic hydroxyl groups excluding tert-OH is 2.